The Morgan fingerprint density at radius 1 is 1.08 bits per heavy atom. The third-order valence-electron chi connectivity index (χ3n) is 8.16. The van der Waals surface area contributed by atoms with Crippen molar-refractivity contribution < 1.29 is 4.52 Å². The number of aryl methyl sites for hydroxylation is 1. The van der Waals surface area contributed by atoms with E-state index in [1.54, 1.807) is 0 Å². The van der Waals surface area contributed by atoms with Crippen LogP contribution in [0.4, 0.5) is 16.4 Å². The second-order valence-electron chi connectivity index (χ2n) is 10.6. The minimum atomic E-state index is -0.519. The van der Waals surface area contributed by atoms with Crippen molar-refractivity contribution in [2.24, 2.45) is 0 Å². The van der Waals surface area contributed by atoms with Crippen LogP contribution in [-0.2, 0) is 11.8 Å². The predicted octanol–water partition coefficient (Wildman–Crippen LogP) is 3.06. The minimum Gasteiger partial charge on any atom is -0.389 e. The number of nitrogens with one attached hydrogen (secondary N) is 1. The highest BCUT2D eigenvalue weighted by atomic mass is 32.1. The molecule has 10 heteroatoms. The number of fused-ring (bicyclic) bond motifs is 1. The Bertz CT molecular complexity index is 1330. The largest absolute Gasteiger partial charge is 0.389 e. The Balaban J connectivity index is 1.39. The third-order valence-corrected chi connectivity index (χ3v) is 9.24. The summed E-state index contributed by atoms with van der Waals surface area (Å²) < 4.78 is 5.96. The second kappa shape index (κ2) is 9.63. The van der Waals surface area contributed by atoms with Crippen LogP contribution in [0.2, 0.25) is 0 Å². The number of thiophene rings is 1. The van der Waals surface area contributed by atoms with Crippen LogP contribution < -0.4 is 20.9 Å². The van der Waals surface area contributed by atoms with E-state index in [-0.39, 0.29) is 0 Å². The molecule has 0 bridgehead atoms. The molecule has 1 aliphatic carbocycles. The molecule has 1 atom stereocenters. The monoisotopic (exact) mass is 518 g/mol. The van der Waals surface area contributed by atoms with Crippen LogP contribution in [0.25, 0.3) is 11.4 Å². The zero-order valence-corrected chi connectivity index (χ0v) is 22.4. The third kappa shape index (κ3) is 4.35. The van der Waals surface area contributed by atoms with Crippen molar-refractivity contribution in [3.8, 4) is 17.5 Å². The van der Waals surface area contributed by atoms with Crippen LogP contribution in [-0.4, -0.2) is 74.4 Å². The highest BCUT2D eigenvalue weighted by molar-refractivity contribution is 7.16. The van der Waals surface area contributed by atoms with E-state index in [2.05, 4.69) is 63.4 Å². The molecular formula is C27H34N8OS. The molecule has 6 rings (SSSR count). The van der Waals surface area contributed by atoms with Gasteiger partial charge in [0.05, 0.1) is 11.0 Å². The van der Waals surface area contributed by atoms with Crippen molar-refractivity contribution in [1.82, 2.24) is 20.4 Å². The van der Waals surface area contributed by atoms with E-state index in [9.17, 15) is 5.26 Å². The average Bonchev–Trinajstić information content (AvgIpc) is 3.55. The molecule has 4 heterocycles. The first-order valence-electron chi connectivity index (χ1n) is 13.2. The molecule has 0 amide bonds. The molecule has 9 nitrogen and oxygen atoms in total. The SMILES string of the molecule is CN1CCN(c2cc(-c3noc(C4(C)CCCc5sc(N)c(C#N)c54)n3)cc(N3CCNCC3)c2)CC1. The van der Waals surface area contributed by atoms with Crippen LogP contribution in [0.5, 0.6) is 0 Å². The number of nitrogen functional groups attached to an aromatic ring is 1. The standard InChI is InChI=1S/C27H34N8OS/c1-27(5-3-4-22-23(27)21(17-28)24(29)37-22)26-31-25(32-36-26)18-14-19(34-8-6-30-7-9-34)16-20(15-18)35-12-10-33(2)11-13-35/h14-16,30H,3-13,29H2,1-2H3. The van der Waals surface area contributed by atoms with Gasteiger partial charge in [0, 0.05) is 79.7 Å². The number of nitriles is 1. The van der Waals surface area contributed by atoms with Gasteiger partial charge in [0.15, 0.2) is 0 Å². The second-order valence-corrected chi connectivity index (χ2v) is 11.8. The van der Waals surface area contributed by atoms with Crippen LogP contribution in [0.3, 0.4) is 0 Å². The first-order chi connectivity index (χ1) is 18.0. The van der Waals surface area contributed by atoms with Gasteiger partial charge in [0.1, 0.15) is 11.1 Å². The van der Waals surface area contributed by atoms with E-state index < -0.39 is 5.41 Å². The van der Waals surface area contributed by atoms with E-state index in [1.165, 1.54) is 27.6 Å². The molecule has 3 aromatic rings. The number of anilines is 3. The van der Waals surface area contributed by atoms with E-state index in [1.807, 2.05) is 0 Å². The van der Waals surface area contributed by atoms with Gasteiger partial charge in [-0.2, -0.15) is 10.2 Å². The lowest BCUT2D eigenvalue weighted by molar-refractivity contribution is 0.300. The van der Waals surface area contributed by atoms with Crippen LogP contribution >= 0.6 is 11.3 Å². The number of rotatable bonds is 4. The normalized spacial score (nSPS) is 22.6. The number of aromatic nitrogens is 2. The topological polar surface area (TPSA) is 110 Å². The molecule has 2 fully saturated rings. The Kier molecular flexibility index (Phi) is 6.31. The first-order valence-corrected chi connectivity index (χ1v) is 14.0. The number of likely N-dealkylation sites (N-methyl/N-ethyl adjacent to an activating group) is 1. The summed E-state index contributed by atoms with van der Waals surface area (Å²) in [5.74, 6) is 1.16. The Labute approximate surface area is 221 Å². The molecule has 0 saturated carbocycles. The summed E-state index contributed by atoms with van der Waals surface area (Å²) in [4.78, 5) is 13.4. The first kappa shape index (κ1) is 24.2. The van der Waals surface area contributed by atoms with E-state index in [4.69, 9.17) is 15.2 Å². The molecule has 0 radical (unpaired) electrons. The van der Waals surface area contributed by atoms with Gasteiger partial charge in [-0.25, -0.2) is 0 Å². The zero-order valence-electron chi connectivity index (χ0n) is 21.6. The molecule has 194 valence electrons. The van der Waals surface area contributed by atoms with Gasteiger partial charge < -0.3 is 30.3 Å². The van der Waals surface area contributed by atoms with Crippen molar-refractivity contribution in [1.29, 1.82) is 5.26 Å². The molecule has 3 N–H and O–H groups in total. The fraction of sp³-hybridized carbons (Fsp3) is 0.519. The zero-order chi connectivity index (χ0) is 25.6. The summed E-state index contributed by atoms with van der Waals surface area (Å²) in [5, 5.41) is 18.3. The molecule has 0 spiro atoms. The lowest BCUT2D eigenvalue weighted by Gasteiger charge is -2.35. The summed E-state index contributed by atoms with van der Waals surface area (Å²) in [6.45, 7) is 10.1. The molecule has 2 saturated heterocycles. The highest BCUT2D eigenvalue weighted by Gasteiger charge is 2.43. The summed E-state index contributed by atoms with van der Waals surface area (Å²) >= 11 is 1.52. The lowest BCUT2D eigenvalue weighted by Crippen LogP contribution is -2.45. The Morgan fingerprint density at radius 3 is 2.49 bits per heavy atom. The van der Waals surface area contributed by atoms with E-state index >= 15 is 0 Å². The van der Waals surface area contributed by atoms with Crippen molar-refractivity contribution in [2.45, 2.75) is 31.6 Å². The van der Waals surface area contributed by atoms with E-state index in [0.717, 1.165) is 82.7 Å². The van der Waals surface area contributed by atoms with Crippen molar-refractivity contribution in [3.05, 3.63) is 40.1 Å². The van der Waals surface area contributed by atoms with Gasteiger partial charge in [-0.15, -0.1) is 11.3 Å². The molecule has 2 aliphatic heterocycles. The maximum atomic E-state index is 9.84. The van der Waals surface area contributed by atoms with E-state index in [0.29, 0.717) is 22.3 Å². The molecular weight excluding hydrogens is 484 g/mol. The quantitative estimate of drug-likeness (QED) is 0.538. The van der Waals surface area contributed by atoms with Gasteiger partial charge >= 0.3 is 0 Å². The number of nitrogens with zero attached hydrogens (tertiary/aromatic N) is 6. The molecule has 1 unspecified atom stereocenters. The summed E-state index contributed by atoms with van der Waals surface area (Å²) in [5.41, 5.74) is 10.6. The van der Waals surface area contributed by atoms with Crippen molar-refractivity contribution in [2.75, 3.05) is 74.9 Å². The Hall–Kier alpha value is -3.13. The van der Waals surface area contributed by atoms with Gasteiger partial charge in [-0.05, 0) is 51.4 Å². The van der Waals surface area contributed by atoms with Crippen LogP contribution in [0.1, 0.15) is 41.7 Å². The van der Waals surface area contributed by atoms with Crippen molar-refractivity contribution in [3.63, 3.8) is 0 Å². The number of piperazine rings is 2. The molecule has 2 aromatic heterocycles. The summed E-state index contributed by atoms with van der Waals surface area (Å²) in [7, 11) is 2.18. The van der Waals surface area contributed by atoms with Crippen LogP contribution in [0, 0.1) is 11.3 Å². The summed E-state index contributed by atoms with van der Waals surface area (Å²) in [6, 6.07) is 9.03. The smallest absolute Gasteiger partial charge is 0.237 e. The molecule has 1 aromatic carbocycles. The number of benzene rings is 1. The Morgan fingerprint density at radius 2 is 1.78 bits per heavy atom. The number of hydrogen-bond acceptors (Lipinski definition) is 10. The van der Waals surface area contributed by atoms with Crippen molar-refractivity contribution >= 4 is 27.7 Å². The van der Waals surface area contributed by atoms with Gasteiger partial charge in [0.25, 0.3) is 0 Å². The van der Waals surface area contributed by atoms with Gasteiger partial charge in [-0.3, -0.25) is 0 Å². The fourth-order valence-electron chi connectivity index (χ4n) is 5.95. The number of nitrogens with two attached hydrogens (primary N) is 1. The maximum absolute atomic E-state index is 9.84. The minimum absolute atomic E-state index is 0.519. The fourth-order valence-corrected chi connectivity index (χ4v) is 7.14. The maximum Gasteiger partial charge on any atom is 0.237 e. The number of hydrogen-bond donors (Lipinski definition) is 2. The van der Waals surface area contributed by atoms with Gasteiger partial charge in [-0.1, -0.05) is 5.16 Å². The molecule has 37 heavy (non-hydrogen) atoms. The average molecular weight is 519 g/mol. The lowest BCUT2D eigenvalue weighted by atomic mass is 9.72. The van der Waals surface area contributed by atoms with Crippen LogP contribution in [0.15, 0.2) is 22.7 Å². The van der Waals surface area contributed by atoms with Gasteiger partial charge in [0.2, 0.25) is 11.7 Å². The molecule has 3 aliphatic rings. The highest BCUT2D eigenvalue weighted by Crippen LogP contribution is 2.48. The summed E-state index contributed by atoms with van der Waals surface area (Å²) in [6.07, 6.45) is 2.78. The predicted molar refractivity (Wildman–Crippen MR) is 147 cm³/mol.